The van der Waals surface area contributed by atoms with Crippen molar-refractivity contribution in [3.05, 3.63) is 23.3 Å². The number of hydrogen-bond acceptors (Lipinski definition) is 3. The highest BCUT2D eigenvalue weighted by Crippen LogP contribution is 2.35. The van der Waals surface area contributed by atoms with Crippen LogP contribution in [0.2, 0.25) is 0 Å². The predicted octanol–water partition coefficient (Wildman–Crippen LogP) is 3.77. The Labute approximate surface area is 114 Å². The van der Waals surface area contributed by atoms with Crippen molar-refractivity contribution >= 4 is 5.78 Å². The summed E-state index contributed by atoms with van der Waals surface area (Å²) in [4.78, 5) is 11.9. The summed E-state index contributed by atoms with van der Waals surface area (Å²) < 4.78 is 11.4. The summed E-state index contributed by atoms with van der Waals surface area (Å²) in [6.45, 7) is 5.74. The fourth-order valence-corrected chi connectivity index (χ4v) is 2.80. The van der Waals surface area contributed by atoms with Crippen molar-refractivity contribution in [1.82, 2.24) is 0 Å². The molecule has 0 saturated heterocycles. The minimum absolute atomic E-state index is 0.0124. The Balaban J connectivity index is 2.31. The molecule has 1 fully saturated rings. The third-order valence-corrected chi connectivity index (χ3v) is 3.81. The lowest BCUT2D eigenvalue weighted by Crippen LogP contribution is -2.14. The second kappa shape index (κ2) is 5.64. The number of carbonyl (C=O) groups is 1. The largest absolute Gasteiger partial charge is 0.496 e. The van der Waals surface area contributed by atoms with Crippen molar-refractivity contribution in [1.29, 1.82) is 0 Å². The van der Waals surface area contributed by atoms with Crippen LogP contribution in [-0.4, -0.2) is 19.0 Å². The highest BCUT2D eigenvalue weighted by molar-refractivity contribution is 6.00. The Kier molecular flexibility index (Phi) is 4.13. The fourth-order valence-electron chi connectivity index (χ4n) is 2.80. The molecule has 1 aliphatic rings. The van der Waals surface area contributed by atoms with Gasteiger partial charge in [0.2, 0.25) is 0 Å². The summed E-state index contributed by atoms with van der Waals surface area (Å²) in [5.74, 6) is 1.99. The average molecular weight is 262 g/mol. The number of rotatable bonds is 4. The second-order valence-electron chi connectivity index (χ2n) is 5.50. The molecule has 3 heteroatoms. The van der Waals surface area contributed by atoms with E-state index >= 15 is 0 Å². The van der Waals surface area contributed by atoms with E-state index < -0.39 is 0 Å². The topological polar surface area (TPSA) is 35.5 Å². The minimum atomic E-state index is -0.0124. The van der Waals surface area contributed by atoms with Crippen molar-refractivity contribution in [2.24, 2.45) is 5.92 Å². The smallest absolute Gasteiger partial charge is 0.167 e. The molecule has 3 nitrogen and oxygen atoms in total. The molecule has 0 aromatic heterocycles. The van der Waals surface area contributed by atoms with Crippen molar-refractivity contribution < 1.29 is 14.3 Å². The highest BCUT2D eigenvalue weighted by Gasteiger charge is 2.25. The lowest BCUT2D eigenvalue weighted by molar-refractivity contribution is 0.100. The SMILES string of the molecule is COc1c(C)ccc(O[C@@H]2CC[C@H](C)C2)c1C(C)=O. The van der Waals surface area contributed by atoms with Gasteiger partial charge >= 0.3 is 0 Å². The number of hydrogen-bond donors (Lipinski definition) is 0. The van der Waals surface area contributed by atoms with E-state index in [-0.39, 0.29) is 11.9 Å². The van der Waals surface area contributed by atoms with E-state index in [9.17, 15) is 4.79 Å². The van der Waals surface area contributed by atoms with Crippen molar-refractivity contribution in [3.8, 4) is 11.5 Å². The molecule has 0 aliphatic heterocycles. The van der Waals surface area contributed by atoms with Gasteiger partial charge in [0.05, 0.1) is 13.2 Å². The van der Waals surface area contributed by atoms with E-state index in [1.165, 1.54) is 6.42 Å². The van der Waals surface area contributed by atoms with Gasteiger partial charge in [-0.15, -0.1) is 0 Å². The van der Waals surface area contributed by atoms with Gasteiger partial charge in [0.1, 0.15) is 17.1 Å². The second-order valence-corrected chi connectivity index (χ2v) is 5.50. The molecule has 0 heterocycles. The van der Waals surface area contributed by atoms with Crippen LogP contribution >= 0.6 is 0 Å². The molecule has 104 valence electrons. The maximum absolute atomic E-state index is 11.9. The van der Waals surface area contributed by atoms with E-state index in [1.807, 2.05) is 19.1 Å². The van der Waals surface area contributed by atoms with Gasteiger partial charge in [-0.2, -0.15) is 0 Å². The van der Waals surface area contributed by atoms with Crippen LogP contribution in [0.3, 0.4) is 0 Å². The first kappa shape index (κ1) is 13.9. The molecule has 0 radical (unpaired) electrons. The van der Waals surface area contributed by atoms with Gasteiger partial charge in [-0.05, 0) is 50.7 Å². The van der Waals surface area contributed by atoms with Crippen LogP contribution in [0.15, 0.2) is 12.1 Å². The molecular weight excluding hydrogens is 240 g/mol. The van der Waals surface area contributed by atoms with Gasteiger partial charge in [-0.25, -0.2) is 0 Å². The molecule has 1 aromatic carbocycles. The van der Waals surface area contributed by atoms with Gasteiger partial charge in [0.25, 0.3) is 0 Å². The van der Waals surface area contributed by atoms with Crippen LogP contribution in [-0.2, 0) is 0 Å². The molecule has 1 aromatic rings. The Morgan fingerprint density at radius 2 is 2.05 bits per heavy atom. The van der Waals surface area contributed by atoms with E-state index in [1.54, 1.807) is 14.0 Å². The molecule has 2 atom stereocenters. The minimum Gasteiger partial charge on any atom is -0.496 e. The van der Waals surface area contributed by atoms with Crippen LogP contribution < -0.4 is 9.47 Å². The number of ketones is 1. The Morgan fingerprint density at radius 3 is 2.58 bits per heavy atom. The maximum atomic E-state index is 11.9. The molecule has 0 N–H and O–H groups in total. The Hall–Kier alpha value is -1.51. The molecule has 0 spiro atoms. The van der Waals surface area contributed by atoms with Gasteiger partial charge in [-0.3, -0.25) is 4.79 Å². The van der Waals surface area contributed by atoms with Crippen LogP contribution in [0.5, 0.6) is 11.5 Å². The number of carbonyl (C=O) groups excluding carboxylic acids is 1. The van der Waals surface area contributed by atoms with Gasteiger partial charge in [-0.1, -0.05) is 13.0 Å². The number of ether oxygens (including phenoxy) is 2. The van der Waals surface area contributed by atoms with Gasteiger partial charge in [0, 0.05) is 0 Å². The molecule has 1 aliphatic carbocycles. The quantitative estimate of drug-likeness (QED) is 0.775. The number of methoxy groups -OCH3 is 1. The summed E-state index contributed by atoms with van der Waals surface area (Å²) in [6, 6.07) is 3.83. The highest BCUT2D eigenvalue weighted by atomic mass is 16.5. The Morgan fingerprint density at radius 1 is 1.32 bits per heavy atom. The predicted molar refractivity (Wildman–Crippen MR) is 75.2 cm³/mol. The van der Waals surface area contributed by atoms with E-state index in [0.29, 0.717) is 23.0 Å². The third-order valence-electron chi connectivity index (χ3n) is 3.81. The first-order valence-corrected chi connectivity index (χ1v) is 6.88. The van der Waals surface area contributed by atoms with Crippen LogP contribution in [0.4, 0.5) is 0 Å². The lowest BCUT2D eigenvalue weighted by atomic mass is 10.0. The van der Waals surface area contributed by atoms with E-state index in [0.717, 1.165) is 18.4 Å². The van der Waals surface area contributed by atoms with Crippen molar-refractivity contribution in [2.45, 2.75) is 46.1 Å². The number of Topliss-reactive ketones (excluding diaryl/α,β-unsaturated/α-hetero) is 1. The van der Waals surface area contributed by atoms with Crippen molar-refractivity contribution in [2.75, 3.05) is 7.11 Å². The molecule has 2 rings (SSSR count). The summed E-state index contributed by atoms with van der Waals surface area (Å²) >= 11 is 0. The summed E-state index contributed by atoms with van der Waals surface area (Å²) in [5.41, 5.74) is 1.53. The maximum Gasteiger partial charge on any atom is 0.167 e. The zero-order chi connectivity index (χ0) is 14.0. The normalized spacial score (nSPS) is 22.3. The summed E-state index contributed by atoms with van der Waals surface area (Å²) in [6.07, 6.45) is 3.55. The molecule has 19 heavy (non-hydrogen) atoms. The summed E-state index contributed by atoms with van der Waals surface area (Å²) in [5, 5.41) is 0. The number of benzene rings is 1. The fraction of sp³-hybridized carbons (Fsp3) is 0.562. The first-order chi connectivity index (χ1) is 9.02. The molecule has 1 saturated carbocycles. The average Bonchev–Trinajstić information content (AvgIpc) is 2.76. The van der Waals surface area contributed by atoms with Gasteiger partial charge < -0.3 is 9.47 Å². The number of aryl methyl sites for hydroxylation is 1. The molecule has 0 bridgehead atoms. The zero-order valence-corrected chi connectivity index (χ0v) is 12.2. The molecule has 0 unspecified atom stereocenters. The Bertz CT molecular complexity index is 479. The standard InChI is InChI=1S/C16H22O3/c1-10-5-7-13(9-10)19-14-8-6-11(2)16(18-4)15(14)12(3)17/h6,8,10,13H,5,7,9H2,1-4H3/t10-,13+/m0/s1. The van der Waals surface area contributed by atoms with E-state index in [4.69, 9.17) is 9.47 Å². The van der Waals surface area contributed by atoms with Crippen LogP contribution in [0.25, 0.3) is 0 Å². The lowest BCUT2D eigenvalue weighted by Gasteiger charge is -2.18. The monoisotopic (exact) mass is 262 g/mol. The zero-order valence-electron chi connectivity index (χ0n) is 12.2. The molecular formula is C16H22O3. The first-order valence-electron chi connectivity index (χ1n) is 6.88. The van der Waals surface area contributed by atoms with Crippen LogP contribution in [0.1, 0.15) is 49.0 Å². The summed E-state index contributed by atoms with van der Waals surface area (Å²) in [7, 11) is 1.59. The van der Waals surface area contributed by atoms with Crippen molar-refractivity contribution in [3.63, 3.8) is 0 Å². The van der Waals surface area contributed by atoms with E-state index in [2.05, 4.69) is 6.92 Å². The third kappa shape index (κ3) is 2.91. The van der Waals surface area contributed by atoms with Crippen LogP contribution in [0, 0.1) is 12.8 Å². The van der Waals surface area contributed by atoms with Gasteiger partial charge in [0.15, 0.2) is 5.78 Å². The molecule has 0 amide bonds.